The van der Waals surface area contributed by atoms with Gasteiger partial charge < -0.3 is 0 Å². The van der Waals surface area contributed by atoms with E-state index in [1.54, 1.807) is 0 Å². The van der Waals surface area contributed by atoms with E-state index in [4.69, 9.17) is 0 Å². The van der Waals surface area contributed by atoms with Crippen molar-refractivity contribution in [3.63, 3.8) is 0 Å². The molecule has 0 heteroatoms. The van der Waals surface area contributed by atoms with Crippen molar-refractivity contribution in [3.05, 3.63) is 29.2 Å². The summed E-state index contributed by atoms with van der Waals surface area (Å²) in [5.74, 6) is 1.48. The summed E-state index contributed by atoms with van der Waals surface area (Å²) < 4.78 is 0. The molecule has 0 N–H and O–H groups in total. The Hall–Kier alpha value is -0.520. The largest absolute Gasteiger partial charge is 0.0745 e. The third-order valence-electron chi connectivity index (χ3n) is 1.51. The van der Waals surface area contributed by atoms with E-state index < -0.39 is 0 Å². The maximum Gasteiger partial charge on any atom is -0.00122 e. The van der Waals surface area contributed by atoms with Crippen LogP contribution in [0.2, 0.25) is 0 Å². The van der Waals surface area contributed by atoms with Crippen LogP contribution in [0.1, 0.15) is 27.2 Å². The summed E-state index contributed by atoms with van der Waals surface area (Å²) in [7, 11) is 0. The molecule has 0 unspecified atom stereocenters. The topological polar surface area (TPSA) is 0 Å². The van der Waals surface area contributed by atoms with Gasteiger partial charge in [0.2, 0.25) is 0 Å². The summed E-state index contributed by atoms with van der Waals surface area (Å²) in [6.45, 7) is 6.51. The maximum atomic E-state index is 2.24. The van der Waals surface area contributed by atoms with Crippen LogP contribution in [-0.2, 0) is 0 Å². The van der Waals surface area contributed by atoms with Crippen molar-refractivity contribution in [3.8, 4) is 0 Å². The molecule has 9 heavy (non-hydrogen) atoms. The van der Waals surface area contributed by atoms with Crippen molar-refractivity contribution in [2.45, 2.75) is 27.2 Å². The fraction of sp³-hybridized carbons (Fsp3) is 0.444. The minimum atomic E-state index is 1.16. The molecule has 0 heterocycles. The summed E-state index contributed by atoms with van der Waals surface area (Å²) in [6, 6.07) is 0. The standard InChI is InChI=1S/C9H13/c1-7-4-8(2)6-9(3)5-7/h4-5H,6H2,1-3H3. The van der Waals surface area contributed by atoms with Crippen LogP contribution in [0.5, 0.6) is 0 Å². The van der Waals surface area contributed by atoms with Crippen LogP contribution in [0, 0.1) is 5.92 Å². The Bertz CT molecular complexity index is 161. The van der Waals surface area contributed by atoms with E-state index in [2.05, 4.69) is 32.9 Å². The molecule has 0 amide bonds. The lowest BCUT2D eigenvalue weighted by Crippen LogP contribution is -1.94. The van der Waals surface area contributed by atoms with Gasteiger partial charge in [-0.15, -0.1) is 0 Å². The molecule has 0 aliphatic heterocycles. The lowest BCUT2D eigenvalue weighted by Gasteiger charge is -2.12. The van der Waals surface area contributed by atoms with Gasteiger partial charge in [0.1, 0.15) is 0 Å². The third kappa shape index (κ3) is 1.70. The predicted molar refractivity (Wildman–Crippen MR) is 41.0 cm³/mol. The Morgan fingerprint density at radius 1 is 1.11 bits per heavy atom. The van der Waals surface area contributed by atoms with Crippen LogP contribution in [0.25, 0.3) is 0 Å². The fourth-order valence-electron chi connectivity index (χ4n) is 1.36. The van der Waals surface area contributed by atoms with Crippen molar-refractivity contribution in [1.82, 2.24) is 0 Å². The number of hydrogen-bond donors (Lipinski definition) is 0. The van der Waals surface area contributed by atoms with E-state index in [0.29, 0.717) is 0 Å². The lowest BCUT2D eigenvalue weighted by atomic mass is 9.93. The molecule has 1 rings (SSSR count). The van der Waals surface area contributed by atoms with Crippen molar-refractivity contribution in [2.24, 2.45) is 0 Å². The summed E-state index contributed by atoms with van der Waals surface area (Å²) >= 11 is 0. The van der Waals surface area contributed by atoms with Crippen molar-refractivity contribution in [1.29, 1.82) is 0 Å². The molecule has 0 aromatic heterocycles. The highest BCUT2D eigenvalue weighted by Crippen LogP contribution is 2.22. The third-order valence-corrected chi connectivity index (χ3v) is 1.51. The van der Waals surface area contributed by atoms with Gasteiger partial charge in [0.05, 0.1) is 0 Å². The van der Waals surface area contributed by atoms with Crippen LogP contribution >= 0.6 is 0 Å². The van der Waals surface area contributed by atoms with Gasteiger partial charge in [-0.2, -0.15) is 0 Å². The second kappa shape index (κ2) is 2.38. The van der Waals surface area contributed by atoms with Gasteiger partial charge in [0, 0.05) is 0 Å². The zero-order chi connectivity index (χ0) is 6.85. The first-order valence-electron chi connectivity index (χ1n) is 3.36. The van der Waals surface area contributed by atoms with Gasteiger partial charge in [-0.1, -0.05) is 30.2 Å². The molecule has 0 saturated carbocycles. The zero-order valence-corrected chi connectivity index (χ0v) is 6.36. The van der Waals surface area contributed by atoms with Crippen LogP contribution < -0.4 is 0 Å². The summed E-state index contributed by atoms with van der Waals surface area (Å²) in [6.07, 6.45) is 5.65. The van der Waals surface area contributed by atoms with Crippen LogP contribution in [0.3, 0.4) is 0 Å². The Morgan fingerprint density at radius 2 is 1.78 bits per heavy atom. The fourth-order valence-corrected chi connectivity index (χ4v) is 1.36. The van der Waals surface area contributed by atoms with Crippen molar-refractivity contribution in [2.75, 3.05) is 0 Å². The van der Waals surface area contributed by atoms with E-state index in [-0.39, 0.29) is 0 Å². The van der Waals surface area contributed by atoms with Crippen LogP contribution in [0.15, 0.2) is 23.3 Å². The Balaban J connectivity index is 2.74. The number of hydrogen-bond acceptors (Lipinski definition) is 0. The summed E-state index contributed by atoms with van der Waals surface area (Å²) in [5, 5.41) is 0. The molecule has 0 fully saturated rings. The summed E-state index contributed by atoms with van der Waals surface area (Å²) in [4.78, 5) is 0. The lowest BCUT2D eigenvalue weighted by molar-refractivity contribution is 0.971. The Labute approximate surface area is 57.3 Å². The Morgan fingerprint density at radius 3 is 2.22 bits per heavy atom. The highest BCUT2D eigenvalue weighted by Gasteiger charge is 2.04. The monoisotopic (exact) mass is 121 g/mol. The molecule has 0 nitrogen and oxygen atoms in total. The smallest absolute Gasteiger partial charge is 0.00122 e. The molecule has 49 valence electrons. The molecular formula is C9H13. The minimum Gasteiger partial charge on any atom is -0.0745 e. The first-order valence-corrected chi connectivity index (χ1v) is 3.36. The normalized spacial score (nSPS) is 21.2. The molecular weight excluding hydrogens is 108 g/mol. The molecule has 1 aliphatic rings. The van der Waals surface area contributed by atoms with Gasteiger partial charge in [-0.3, -0.25) is 0 Å². The predicted octanol–water partition coefficient (Wildman–Crippen LogP) is 2.88. The first kappa shape index (κ1) is 6.60. The molecule has 1 radical (unpaired) electrons. The van der Waals surface area contributed by atoms with Gasteiger partial charge in [0.15, 0.2) is 0 Å². The van der Waals surface area contributed by atoms with E-state index >= 15 is 0 Å². The molecule has 0 bridgehead atoms. The maximum absolute atomic E-state index is 2.24. The van der Waals surface area contributed by atoms with Crippen molar-refractivity contribution >= 4 is 0 Å². The quantitative estimate of drug-likeness (QED) is 0.462. The highest BCUT2D eigenvalue weighted by molar-refractivity contribution is 5.33. The molecule has 0 aromatic rings. The van der Waals surface area contributed by atoms with Crippen LogP contribution in [0.4, 0.5) is 0 Å². The number of rotatable bonds is 0. The molecule has 0 spiro atoms. The second-order valence-electron chi connectivity index (χ2n) is 2.90. The van der Waals surface area contributed by atoms with Gasteiger partial charge >= 0.3 is 0 Å². The average Bonchev–Trinajstić information content (AvgIpc) is 1.59. The first-order chi connectivity index (χ1) is 4.18. The average molecular weight is 121 g/mol. The van der Waals surface area contributed by atoms with E-state index in [9.17, 15) is 0 Å². The molecule has 1 aliphatic carbocycles. The SMILES string of the molecule is C[C]1C=C(C)C=C(C)C1. The number of allylic oxidation sites excluding steroid dienone is 4. The van der Waals surface area contributed by atoms with Gasteiger partial charge in [0.25, 0.3) is 0 Å². The molecule has 0 atom stereocenters. The second-order valence-corrected chi connectivity index (χ2v) is 2.90. The van der Waals surface area contributed by atoms with Crippen LogP contribution in [-0.4, -0.2) is 0 Å². The van der Waals surface area contributed by atoms with E-state index in [1.807, 2.05) is 0 Å². The zero-order valence-electron chi connectivity index (χ0n) is 6.36. The van der Waals surface area contributed by atoms with E-state index in [1.165, 1.54) is 17.1 Å². The Kier molecular flexibility index (Phi) is 1.75. The minimum absolute atomic E-state index is 1.16. The van der Waals surface area contributed by atoms with Gasteiger partial charge in [-0.25, -0.2) is 0 Å². The van der Waals surface area contributed by atoms with E-state index in [0.717, 1.165) is 6.42 Å². The van der Waals surface area contributed by atoms with Gasteiger partial charge in [-0.05, 0) is 26.2 Å². The van der Waals surface area contributed by atoms with Crippen molar-refractivity contribution < 1.29 is 0 Å². The molecule has 0 saturated heterocycles. The highest BCUT2D eigenvalue weighted by atomic mass is 14.1. The molecule has 0 aromatic carbocycles. The summed E-state index contributed by atoms with van der Waals surface area (Å²) in [5.41, 5.74) is 2.86.